The Labute approximate surface area is 178 Å². The molecule has 0 aliphatic heterocycles. The summed E-state index contributed by atoms with van der Waals surface area (Å²) in [6.45, 7) is 2.11. The molecule has 6 heteroatoms. The molecule has 2 aromatic rings. The zero-order valence-electron chi connectivity index (χ0n) is 17.4. The summed E-state index contributed by atoms with van der Waals surface area (Å²) in [6.07, 6.45) is 6.60. The summed E-state index contributed by atoms with van der Waals surface area (Å²) < 4.78 is 6.67. The van der Waals surface area contributed by atoms with Crippen LogP contribution in [-0.2, 0) is 11.3 Å². The number of quaternary nitrogens is 1. The standard InChI is InChI=1S/C23H30ClN3O2/c1-27(2,17-29-16-18-6-4-3-5-7-18)15-19-14-22(12-13-23(19)28)26-25-21-10-8-20(24)9-11-21/h8-14,18H,3-7,15-17H2,1-2H3/p+1. The molecule has 2 aromatic carbocycles. The molecular weight excluding hydrogens is 386 g/mol. The number of aromatic hydroxyl groups is 1. The molecule has 0 aromatic heterocycles. The molecule has 0 bridgehead atoms. The van der Waals surface area contributed by atoms with Crippen LogP contribution in [-0.4, -0.2) is 37.0 Å². The molecule has 1 aliphatic rings. The van der Waals surface area contributed by atoms with Gasteiger partial charge in [0.25, 0.3) is 0 Å². The Morgan fingerprint density at radius 1 is 1.00 bits per heavy atom. The van der Waals surface area contributed by atoms with Crippen molar-refractivity contribution in [2.75, 3.05) is 27.4 Å². The smallest absolute Gasteiger partial charge is 0.182 e. The van der Waals surface area contributed by atoms with Crippen molar-refractivity contribution in [2.24, 2.45) is 16.1 Å². The van der Waals surface area contributed by atoms with Gasteiger partial charge in [-0.3, -0.25) is 0 Å². The van der Waals surface area contributed by atoms with Gasteiger partial charge in [0.05, 0.1) is 37.6 Å². The van der Waals surface area contributed by atoms with Crippen LogP contribution >= 0.6 is 11.6 Å². The van der Waals surface area contributed by atoms with Crippen molar-refractivity contribution in [1.82, 2.24) is 0 Å². The Morgan fingerprint density at radius 3 is 2.38 bits per heavy atom. The molecule has 0 heterocycles. The summed E-state index contributed by atoms with van der Waals surface area (Å²) in [5, 5.41) is 19.5. The molecule has 1 fully saturated rings. The maximum absolute atomic E-state index is 10.3. The Morgan fingerprint density at radius 2 is 1.66 bits per heavy atom. The van der Waals surface area contributed by atoms with E-state index >= 15 is 0 Å². The van der Waals surface area contributed by atoms with Crippen LogP contribution in [0.1, 0.15) is 37.7 Å². The average molecular weight is 417 g/mol. The van der Waals surface area contributed by atoms with E-state index in [0.29, 0.717) is 34.4 Å². The maximum atomic E-state index is 10.3. The number of phenols is 1. The van der Waals surface area contributed by atoms with E-state index in [2.05, 4.69) is 24.3 Å². The fourth-order valence-corrected chi connectivity index (χ4v) is 3.84. The Bertz CT molecular complexity index is 815. The van der Waals surface area contributed by atoms with Crippen molar-refractivity contribution in [1.29, 1.82) is 0 Å². The molecule has 0 amide bonds. The van der Waals surface area contributed by atoms with Crippen LogP contribution in [0.5, 0.6) is 5.75 Å². The van der Waals surface area contributed by atoms with E-state index in [1.54, 1.807) is 24.3 Å². The van der Waals surface area contributed by atoms with Crippen molar-refractivity contribution >= 4 is 23.0 Å². The van der Waals surface area contributed by atoms with Gasteiger partial charge in [0.2, 0.25) is 0 Å². The highest BCUT2D eigenvalue weighted by Gasteiger charge is 2.20. The van der Waals surface area contributed by atoms with E-state index in [-0.39, 0.29) is 5.75 Å². The third-order valence-corrected chi connectivity index (χ3v) is 5.54. The SMILES string of the molecule is C[N+](C)(COCC1CCCCC1)Cc1cc(N=Nc2ccc(Cl)cc2)ccc1O. The number of rotatable bonds is 8. The van der Waals surface area contributed by atoms with Crippen LogP contribution in [0.4, 0.5) is 11.4 Å². The molecule has 0 atom stereocenters. The molecule has 0 saturated heterocycles. The monoisotopic (exact) mass is 416 g/mol. The second-order valence-corrected chi connectivity index (χ2v) is 9.02. The van der Waals surface area contributed by atoms with Crippen LogP contribution < -0.4 is 0 Å². The van der Waals surface area contributed by atoms with Gasteiger partial charge in [-0.2, -0.15) is 10.2 Å². The first-order valence-corrected chi connectivity index (χ1v) is 10.7. The average Bonchev–Trinajstić information content (AvgIpc) is 2.70. The van der Waals surface area contributed by atoms with Crippen LogP contribution in [0.2, 0.25) is 5.02 Å². The summed E-state index contributed by atoms with van der Waals surface area (Å²) in [7, 11) is 4.23. The second kappa shape index (κ2) is 10.2. The first kappa shape index (κ1) is 21.8. The normalized spacial score (nSPS) is 15.8. The van der Waals surface area contributed by atoms with Crippen molar-refractivity contribution in [3.05, 3.63) is 53.1 Å². The van der Waals surface area contributed by atoms with Gasteiger partial charge in [-0.05, 0) is 61.2 Å². The third kappa shape index (κ3) is 7.11. The van der Waals surface area contributed by atoms with E-state index in [0.717, 1.165) is 17.9 Å². The first-order valence-electron chi connectivity index (χ1n) is 10.3. The number of phenolic OH excluding ortho intramolecular Hbond substituents is 1. The number of halogens is 1. The van der Waals surface area contributed by atoms with Gasteiger partial charge in [0.1, 0.15) is 12.3 Å². The van der Waals surface area contributed by atoms with Crippen molar-refractivity contribution in [3.63, 3.8) is 0 Å². The minimum Gasteiger partial charge on any atom is -0.507 e. The third-order valence-electron chi connectivity index (χ3n) is 5.29. The number of nitrogens with zero attached hydrogens (tertiary/aromatic N) is 3. The highest BCUT2D eigenvalue weighted by atomic mass is 35.5. The number of hydrogen-bond acceptors (Lipinski definition) is 4. The second-order valence-electron chi connectivity index (χ2n) is 8.59. The predicted octanol–water partition coefficient (Wildman–Crippen LogP) is 6.59. The van der Waals surface area contributed by atoms with Gasteiger partial charge in [0.15, 0.2) is 6.73 Å². The Balaban J connectivity index is 1.58. The number of ether oxygens (including phenoxy) is 1. The molecular formula is C23H31ClN3O2+. The Hall–Kier alpha value is -1.95. The van der Waals surface area contributed by atoms with Gasteiger partial charge in [-0.15, -0.1) is 0 Å². The molecule has 0 radical (unpaired) electrons. The summed E-state index contributed by atoms with van der Waals surface area (Å²) >= 11 is 5.90. The highest BCUT2D eigenvalue weighted by molar-refractivity contribution is 6.30. The van der Waals surface area contributed by atoms with Crippen molar-refractivity contribution in [3.8, 4) is 5.75 Å². The zero-order valence-corrected chi connectivity index (χ0v) is 18.1. The van der Waals surface area contributed by atoms with Crippen LogP contribution in [0.15, 0.2) is 52.7 Å². The molecule has 0 spiro atoms. The minimum atomic E-state index is 0.272. The summed E-state index contributed by atoms with van der Waals surface area (Å²) in [4.78, 5) is 0. The quantitative estimate of drug-likeness (QED) is 0.299. The first-order chi connectivity index (χ1) is 13.9. The molecule has 3 rings (SSSR count). The molecule has 1 aliphatic carbocycles. The largest absolute Gasteiger partial charge is 0.507 e. The molecule has 1 N–H and O–H groups in total. The summed E-state index contributed by atoms with van der Waals surface area (Å²) in [6, 6.07) is 12.5. The predicted molar refractivity (Wildman–Crippen MR) is 117 cm³/mol. The van der Waals surface area contributed by atoms with Gasteiger partial charge in [-0.1, -0.05) is 30.9 Å². The van der Waals surface area contributed by atoms with E-state index in [9.17, 15) is 5.11 Å². The van der Waals surface area contributed by atoms with Crippen molar-refractivity contribution in [2.45, 2.75) is 38.6 Å². The zero-order chi connectivity index (χ0) is 20.7. The van der Waals surface area contributed by atoms with Gasteiger partial charge >= 0.3 is 0 Å². The fourth-order valence-electron chi connectivity index (χ4n) is 3.71. The Kier molecular flexibility index (Phi) is 7.64. The minimum absolute atomic E-state index is 0.272. The number of benzene rings is 2. The summed E-state index contributed by atoms with van der Waals surface area (Å²) in [5.74, 6) is 0.975. The summed E-state index contributed by atoms with van der Waals surface area (Å²) in [5.41, 5.74) is 2.27. The highest BCUT2D eigenvalue weighted by Crippen LogP contribution is 2.28. The topological polar surface area (TPSA) is 54.2 Å². The van der Waals surface area contributed by atoms with E-state index in [4.69, 9.17) is 16.3 Å². The van der Waals surface area contributed by atoms with E-state index in [1.807, 2.05) is 18.2 Å². The van der Waals surface area contributed by atoms with Gasteiger partial charge < -0.3 is 14.3 Å². The van der Waals surface area contributed by atoms with Crippen LogP contribution in [0.25, 0.3) is 0 Å². The van der Waals surface area contributed by atoms with E-state index in [1.165, 1.54) is 32.1 Å². The van der Waals surface area contributed by atoms with Gasteiger partial charge in [-0.25, -0.2) is 0 Å². The molecule has 1 saturated carbocycles. The maximum Gasteiger partial charge on any atom is 0.182 e. The van der Waals surface area contributed by atoms with Crippen LogP contribution in [0.3, 0.4) is 0 Å². The van der Waals surface area contributed by atoms with Crippen molar-refractivity contribution < 1.29 is 14.3 Å². The lowest BCUT2D eigenvalue weighted by molar-refractivity contribution is -0.922. The lowest BCUT2D eigenvalue weighted by Gasteiger charge is -2.31. The van der Waals surface area contributed by atoms with E-state index < -0.39 is 0 Å². The molecule has 0 unspecified atom stereocenters. The van der Waals surface area contributed by atoms with Crippen LogP contribution in [0, 0.1) is 5.92 Å². The molecule has 156 valence electrons. The lowest BCUT2D eigenvalue weighted by Crippen LogP contribution is -2.41. The lowest BCUT2D eigenvalue weighted by atomic mass is 9.90. The number of azo groups is 1. The molecule has 5 nitrogen and oxygen atoms in total. The molecule has 29 heavy (non-hydrogen) atoms. The van der Waals surface area contributed by atoms with Gasteiger partial charge in [0, 0.05) is 5.02 Å². The number of hydrogen-bond donors (Lipinski definition) is 1. The fraction of sp³-hybridized carbons (Fsp3) is 0.478.